The summed E-state index contributed by atoms with van der Waals surface area (Å²) in [6.45, 7) is 1.78. The van der Waals surface area contributed by atoms with Crippen molar-refractivity contribution in [2.45, 2.75) is 24.7 Å². The summed E-state index contributed by atoms with van der Waals surface area (Å²) in [7, 11) is 0. The lowest BCUT2D eigenvalue weighted by atomic mass is 10.1. The Bertz CT molecular complexity index is 388. The summed E-state index contributed by atoms with van der Waals surface area (Å²) in [5.41, 5.74) is 1.17. The molecule has 70 valence electrons. The van der Waals surface area contributed by atoms with Crippen molar-refractivity contribution in [1.82, 2.24) is 10.2 Å². The van der Waals surface area contributed by atoms with E-state index in [1.54, 1.807) is 6.92 Å². The quantitative estimate of drug-likeness (QED) is 0.602. The summed E-state index contributed by atoms with van der Waals surface area (Å²) in [5.74, 6) is 0.652. The van der Waals surface area contributed by atoms with E-state index in [1.165, 1.54) is 0 Å². The average molecular weight is 198 g/mol. The predicted octanol–water partition coefficient (Wildman–Crippen LogP) is 0.132. The molecular weight excluding hydrogens is 188 g/mol. The molecule has 0 amide bonds. The number of nitrogens with zero attached hydrogens (tertiary/aromatic N) is 1. The highest BCUT2D eigenvalue weighted by Crippen LogP contribution is 2.23. The van der Waals surface area contributed by atoms with Gasteiger partial charge in [0.15, 0.2) is 4.90 Å². The normalized spacial score (nSPS) is 21.2. The Morgan fingerprint density at radius 1 is 1.62 bits per heavy atom. The maximum Gasteiger partial charge on any atom is 0.272 e. The molecule has 0 aromatic carbocycles. The first-order chi connectivity index (χ1) is 6.20. The third-order valence-electron chi connectivity index (χ3n) is 2.19. The van der Waals surface area contributed by atoms with Crippen LogP contribution in [0.25, 0.3) is 0 Å². The zero-order valence-corrected chi connectivity index (χ0v) is 8.11. The number of hydrogen-bond donors (Lipinski definition) is 1. The number of nitrogens with one attached hydrogen (secondary N) is 1. The van der Waals surface area contributed by atoms with Gasteiger partial charge in [0.1, 0.15) is 11.4 Å². The highest BCUT2D eigenvalue weighted by Gasteiger charge is 2.27. The van der Waals surface area contributed by atoms with Crippen molar-refractivity contribution in [2.75, 3.05) is 5.75 Å². The topological polar surface area (TPSA) is 68.8 Å². The van der Waals surface area contributed by atoms with Crippen molar-refractivity contribution in [3.8, 4) is 0 Å². The smallest absolute Gasteiger partial charge is 0.272 e. The Morgan fingerprint density at radius 2 is 2.38 bits per heavy atom. The molecule has 5 heteroatoms. The first-order valence-electron chi connectivity index (χ1n) is 4.16. The maximum absolute atomic E-state index is 11.6. The van der Waals surface area contributed by atoms with Crippen molar-refractivity contribution in [3.63, 3.8) is 0 Å². The second-order valence-corrected chi connectivity index (χ2v) is 4.61. The van der Waals surface area contributed by atoms with Gasteiger partial charge in [0, 0.05) is 0 Å². The van der Waals surface area contributed by atoms with E-state index in [0.29, 0.717) is 21.9 Å². The van der Waals surface area contributed by atoms with E-state index in [-0.39, 0.29) is 5.56 Å². The molecule has 0 bridgehead atoms. The third kappa shape index (κ3) is 1.38. The summed E-state index contributed by atoms with van der Waals surface area (Å²) in [6, 6.07) is 0. The summed E-state index contributed by atoms with van der Waals surface area (Å²) >= 11 is -1.02. The molecule has 1 atom stereocenters. The first-order valence-corrected chi connectivity index (χ1v) is 5.48. The molecule has 0 saturated carbocycles. The average Bonchev–Trinajstić information content (AvgIpc) is 2.12. The van der Waals surface area contributed by atoms with Crippen LogP contribution in [0.15, 0.2) is 9.69 Å². The van der Waals surface area contributed by atoms with Crippen LogP contribution >= 0.6 is 0 Å². The molecule has 1 unspecified atom stereocenters. The van der Waals surface area contributed by atoms with Gasteiger partial charge in [-0.25, -0.2) is 5.10 Å². The van der Waals surface area contributed by atoms with Crippen LogP contribution < -0.4 is 5.56 Å². The monoisotopic (exact) mass is 198 g/mol. The number of aromatic amines is 1. The molecule has 1 aliphatic rings. The summed E-state index contributed by atoms with van der Waals surface area (Å²) in [5, 5.41) is 6.22. The molecule has 0 spiro atoms. The molecule has 0 fully saturated rings. The van der Waals surface area contributed by atoms with Crippen LogP contribution in [-0.2, 0) is 17.6 Å². The number of rotatable bonds is 0. The van der Waals surface area contributed by atoms with Gasteiger partial charge in [0.25, 0.3) is 5.56 Å². The van der Waals surface area contributed by atoms with Crippen molar-refractivity contribution >= 4 is 11.2 Å². The van der Waals surface area contributed by atoms with Gasteiger partial charge in [-0.1, -0.05) is 0 Å². The Hall–Kier alpha value is -0.810. The lowest BCUT2D eigenvalue weighted by Gasteiger charge is -2.18. The molecular formula is C8H10N2O2S. The van der Waals surface area contributed by atoms with E-state index in [4.69, 9.17) is 0 Å². The zero-order chi connectivity index (χ0) is 9.42. The van der Waals surface area contributed by atoms with Gasteiger partial charge in [-0.3, -0.25) is 4.79 Å². The third-order valence-corrected chi connectivity index (χ3v) is 3.84. The van der Waals surface area contributed by atoms with Gasteiger partial charge in [-0.2, -0.15) is 5.10 Å². The number of aromatic nitrogens is 2. The summed E-state index contributed by atoms with van der Waals surface area (Å²) < 4.78 is 11.6. The van der Waals surface area contributed by atoms with Crippen LogP contribution in [0.3, 0.4) is 0 Å². The molecule has 0 aliphatic carbocycles. The van der Waals surface area contributed by atoms with Crippen LogP contribution in [0.4, 0.5) is 0 Å². The largest absolute Gasteiger partial charge is 0.611 e. The molecule has 2 rings (SSSR count). The lowest BCUT2D eigenvalue weighted by molar-refractivity contribution is 0.581. The first kappa shape index (κ1) is 8.77. The molecule has 1 aromatic rings. The molecule has 2 heterocycles. The van der Waals surface area contributed by atoms with Crippen molar-refractivity contribution in [2.24, 2.45) is 0 Å². The van der Waals surface area contributed by atoms with E-state index in [0.717, 1.165) is 12.8 Å². The number of hydrogen-bond acceptors (Lipinski definition) is 3. The fraction of sp³-hybridized carbons (Fsp3) is 0.500. The molecule has 0 radical (unpaired) electrons. The van der Waals surface area contributed by atoms with Crippen LogP contribution in [0.2, 0.25) is 0 Å². The van der Waals surface area contributed by atoms with Gasteiger partial charge >= 0.3 is 0 Å². The van der Waals surface area contributed by atoms with E-state index >= 15 is 0 Å². The van der Waals surface area contributed by atoms with Gasteiger partial charge in [-0.05, 0) is 30.9 Å². The second-order valence-electron chi connectivity index (χ2n) is 3.10. The molecule has 1 aliphatic heterocycles. The molecule has 4 nitrogen and oxygen atoms in total. The SMILES string of the molecule is Cc1n[nH]c(=O)c2c1[S+]([O-])CCC2. The summed E-state index contributed by atoms with van der Waals surface area (Å²) in [6.07, 6.45) is 1.55. The van der Waals surface area contributed by atoms with Gasteiger partial charge in [0.2, 0.25) is 0 Å². The van der Waals surface area contributed by atoms with Crippen LogP contribution in [-0.4, -0.2) is 20.5 Å². The van der Waals surface area contributed by atoms with E-state index < -0.39 is 11.2 Å². The van der Waals surface area contributed by atoms with E-state index in [1.807, 2.05) is 0 Å². The van der Waals surface area contributed by atoms with Crippen LogP contribution in [0.5, 0.6) is 0 Å². The standard InChI is InChI=1S/C8H10N2O2S/c1-5-7-6(8(11)10-9-5)3-2-4-13(7)12/h2-4H2,1H3,(H,10,11). The van der Waals surface area contributed by atoms with Crippen LogP contribution in [0.1, 0.15) is 17.7 Å². The molecule has 1 aromatic heterocycles. The highest BCUT2D eigenvalue weighted by molar-refractivity contribution is 7.91. The van der Waals surface area contributed by atoms with Crippen LogP contribution in [0, 0.1) is 6.92 Å². The summed E-state index contributed by atoms with van der Waals surface area (Å²) in [4.78, 5) is 12.0. The fourth-order valence-electron chi connectivity index (χ4n) is 1.59. The Morgan fingerprint density at radius 3 is 3.08 bits per heavy atom. The molecule has 13 heavy (non-hydrogen) atoms. The number of H-pyrrole nitrogens is 1. The Balaban J connectivity index is 2.67. The van der Waals surface area contributed by atoms with Crippen molar-refractivity contribution in [3.05, 3.63) is 21.6 Å². The van der Waals surface area contributed by atoms with E-state index in [9.17, 15) is 9.35 Å². The minimum Gasteiger partial charge on any atom is -0.611 e. The minimum atomic E-state index is -1.02. The minimum absolute atomic E-state index is 0.186. The molecule has 0 saturated heterocycles. The molecule has 1 N–H and O–H groups in total. The van der Waals surface area contributed by atoms with Gasteiger partial charge < -0.3 is 4.55 Å². The Kier molecular flexibility index (Phi) is 2.13. The highest BCUT2D eigenvalue weighted by atomic mass is 32.2. The van der Waals surface area contributed by atoms with Gasteiger partial charge in [0.05, 0.1) is 5.56 Å². The van der Waals surface area contributed by atoms with Gasteiger partial charge in [-0.15, -0.1) is 0 Å². The lowest BCUT2D eigenvalue weighted by Crippen LogP contribution is -2.27. The van der Waals surface area contributed by atoms with E-state index in [2.05, 4.69) is 10.2 Å². The number of fused-ring (bicyclic) bond motifs is 1. The van der Waals surface area contributed by atoms with Crippen molar-refractivity contribution in [1.29, 1.82) is 0 Å². The number of aryl methyl sites for hydroxylation is 1. The second kappa shape index (κ2) is 3.16. The fourth-order valence-corrected chi connectivity index (χ4v) is 3.04. The zero-order valence-electron chi connectivity index (χ0n) is 7.29. The maximum atomic E-state index is 11.6. The predicted molar refractivity (Wildman–Crippen MR) is 49.2 cm³/mol. The van der Waals surface area contributed by atoms with Crippen molar-refractivity contribution < 1.29 is 4.55 Å². The Labute approximate surface area is 78.5 Å².